The first-order valence-electron chi connectivity index (χ1n) is 7.06. The molecule has 3 rings (SSSR count). The van der Waals surface area contributed by atoms with Gasteiger partial charge in [-0.2, -0.15) is 0 Å². The Morgan fingerprint density at radius 1 is 1.00 bits per heavy atom. The maximum atomic E-state index is 10.5. The van der Waals surface area contributed by atoms with Crippen LogP contribution in [-0.4, -0.2) is 5.11 Å². The third-order valence-electron chi connectivity index (χ3n) is 3.86. The van der Waals surface area contributed by atoms with Crippen molar-refractivity contribution in [1.29, 1.82) is 0 Å². The molecule has 0 radical (unpaired) electrons. The van der Waals surface area contributed by atoms with E-state index >= 15 is 0 Å². The highest BCUT2D eigenvalue weighted by Gasteiger charge is 2.11. The lowest BCUT2D eigenvalue weighted by Crippen LogP contribution is -2.02. The summed E-state index contributed by atoms with van der Waals surface area (Å²) in [7, 11) is 0. The van der Waals surface area contributed by atoms with Crippen LogP contribution in [0.3, 0.4) is 0 Å². The Hall–Kier alpha value is -1.83. The van der Waals surface area contributed by atoms with Crippen LogP contribution in [0.4, 0.5) is 0 Å². The van der Waals surface area contributed by atoms with E-state index in [9.17, 15) is 5.11 Å². The minimum atomic E-state index is -0.522. The van der Waals surface area contributed by atoms with Crippen LogP contribution < -0.4 is 0 Å². The van der Waals surface area contributed by atoms with Crippen LogP contribution in [0.15, 0.2) is 60.7 Å². The summed E-state index contributed by atoms with van der Waals surface area (Å²) in [5, 5.41) is 13.6. The Labute approximate surface area is 129 Å². The van der Waals surface area contributed by atoms with E-state index in [0.717, 1.165) is 21.7 Å². The smallest absolute Gasteiger partial charge is 0.0830 e. The van der Waals surface area contributed by atoms with Gasteiger partial charge < -0.3 is 5.11 Å². The number of halogens is 1. The van der Waals surface area contributed by atoms with E-state index in [-0.39, 0.29) is 0 Å². The van der Waals surface area contributed by atoms with Gasteiger partial charge in [0.2, 0.25) is 0 Å². The topological polar surface area (TPSA) is 20.2 Å². The molecule has 21 heavy (non-hydrogen) atoms. The molecule has 1 unspecified atom stereocenters. The first-order valence-corrected chi connectivity index (χ1v) is 7.44. The predicted molar refractivity (Wildman–Crippen MR) is 88.8 cm³/mol. The van der Waals surface area contributed by atoms with Crippen LogP contribution in [-0.2, 0) is 6.42 Å². The number of aryl methyl sites for hydroxylation is 1. The molecule has 0 spiro atoms. The van der Waals surface area contributed by atoms with Gasteiger partial charge in [0.15, 0.2) is 0 Å². The number of hydrogen-bond donors (Lipinski definition) is 1. The van der Waals surface area contributed by atoms with Gasteiger partial charge in [0.1, 0.15) is 0 Å². The predicted octanol–water partition coefficient (Wildman–Crippen LogP) is 5.08. The second-order valence-electron chi connectivity index (χ2n) is 5.37. The van der Waals surface area contributed by atoms with E-state index in [2.05, 4.69) is 24.3 Å². The van der Waals surface area contributed by atoms with Gasteiger partial charge in [-0.15, -0.1) is 0 Å². The molecular weight excluding hydrogens is 280 g/mol. The van der Waals surface area contributed by atoms with Gasteiger partial charge in [-0.3, -0.25) is 0 Å². The normalized spacial score (nSPS) is 12.5. The molecule has 0 fully saturated rings. The molecule has 0 bridgehead atoms. The van der Waals surface area contributed by atoms with Crippen LogP contribution in [0.2, 0.25) is 5.02 Å². The van der Waals surface area contributed by atoms with Crippen molar-refractivity contribution in [2.75, 3.05) is 0 Å². The lowest BCUT2D eigenvalue weighted by atomic mass is 9.96. The van der Waals surface area contributed by atoms with Crippen LogP contribution in [0.1, 0.15) is 22.8 Å². The molecule has 1 nitrogen and oxygen atoms in total. The van der Waals surface area contributed by atoms with Crippen molar-refractivity contribution in [2.45, 2.75) is 19.4 Å². The van der Waals surface area contributed by atoms with Gasteiger partial charge in [0.25, 0.3) is 0 Å². The van der Waals surface area contributed by atoms with Crippen molar-refractivity contribution < 1.29 is 5.11 Å². The average molecular weight is 297 g/mol. The highest BCUT2D eigenvalue weighted by Crippen LogP contribution is 2.26. The summed E-state index contributed by atoms with van der Waals surface area (Å²) in [6.45, 7) is 1.95. The first-order chi connectivity index (χ1) is 10.1. The molecule has 1 atom stereocenters. The highest BCUT2D eigenvalue weighted by molar-refractivity contribution is 6.31. The summed E-state index contributed by atoms with van der Waals surface area (Å²) in [5.41, 5.74) is 3.06. The first kappa shape index (κ1) is 14.1. The Balaban J connectivity index is 1.92. The molecule has 2 heteroatoms. The third kappa shape index (κ3) is 2.94. The lowest BCUT2D eigenvalue weighted by Gasteiger charge is -2.14. The second-order valence-corrected chi connectivity index (χ2v) is 5.77. The Morgan fingerprint density at radius 2 is 1.76 bits per heavy atom. The molecule has 3 aromatic rings. The molecular formula is C19H17ClO. The molecule has 1 N–H and O–H groups in total. The minimum Gasteiger partial charge on any atom is -0.388 e. The fourth-order valence-corrected chi connectivity index (χ4v) is 2.79. The Morgan fingerprint density at radius 3 is 2.57 bits per heavy atom. The number of benzene rings is 3. The van der Waals surface area contributed by atoms with Gasteiger partial charge >= 0.3 is 0 Å². The van der Waals surface area contributed by atoms with E-state index in [0.29, 0.717) is 6.42 Å². The molecule has 0 heterocycles. The maximum Gasteiger partial charge on any atom is 0.0830 e. The molecule has 0 aromatic heterocycles. The number of fused-ring (bicyclic) bond motifs is 1. The highest BCUT2D eigenvalue weighted by atomic mass is 35.5. The van der Waals surface area contributed by atoms with E-state index in [1.807, 2.05) is 43.3 Å². The van der Waals surface area contributed by atoms with Crippen molar-refractivity contribution in [3.8, 4) is 0 Å². The van der Waals surface area contributed by atoms with Gasteiger partial charge in [0, 0.05) is 11.4 Å². The van der Waals surface area contributed by atoms with E-state index in [1.165, 1.54) is 10.8 Å². The summed E-state index contributed by atoms with van der Waals surface area (Å²) in [5.74, 6) is 0. The molecule has 0 aliphatic carbocycles. The molecule has 3 aromatic carbocycles. The second kappa shape index (κ2) is 5.88. The number of aliphatic hydroxyl groups excluding tert-OH is 1. The van der Waals surface area contributed by atoms with Crippen molar-refractivity contribution in [1.82, 2.24) is 0 Å². The monoisotopic (exact) mass is 296 g/mol. The van der Waals surface area contributed by atoms with Crippen molar-refractivity contribution in [2.24, 2.45) is 0 Å². The zero-order chi connectivity index (χ0) is 14.8. The third-order valence-corrected chi connectivity index (χ3v) is 4.28. The zero-order valence-corrected chi connectivity index (χ0v) is 12.6. The molecule has 106 valence electrons. The van der Waals surface area contributed by atoms with Crippen molar-refractivity contribution in [3.05, 3.63) is 82.4 Å². The fraction of sp³-hybridized carbons (Fsp3) is 0.158. The molecule has 0 amide bonds. The number of rotatable bonds is 3. The minimum absolute atomic E-state index is 0.522. The Bertz CT molecular complexity index is 774. The lowest BCUT2D eigenvalue weighted by molar-refractivity contribution is 0.179. The van der Waals surface area contributed by atoms with Gasteiger partial charge in [-0.05, 0) is 40.5 Å². The zero-order valence-electron chi connectivity index (χ0n) is 11.9. The quantitative estimate of drug-likeness (QED) is 0.715. The van der Waals surface area contributed by atoms with Gasteiger partial charge in [0.05, 0.1) is 6.10 Å². The Kier molecular flexibility index (Phi) is 3.96. The van der Waals surface area contributed by atoms with Crippen molar-refractivity contribution in [3.63, 3.8) is 0 Å². The fourth-order valence-electron chi connectivity index (χ4n) is 2.67. The van der Waals surface area contributed by atoms with E-state index in [4.69, 9.17) is 11.6 Å². The maximum absolute atomic E-state index is 10.5. The van der Waals surface area contributed by atoms with Gasteiger partial charge in [-0.1, -0.05) is 66.2 Å². The van der Waals surface area contributed by atoms with Gasteiger partial charge in [-0.25, -0.2) is 0 Å². The molecule has 0 saturated carbocycles. The summed E-state index contributed by atoms with van der Waals surface area (Å²) in [4.78, 5) is 0. The largest absolute Gasteiger partial charge is 0.388 e. The molecule has 0 aliphatic rings. The summed E-state index contributed by atoms with van der Waals surface area (Å²) in [6, 6.07) is 20.2. The van der Waals surface area contributed by atoms with Crippen LogP contribution in [0, 0.1) is 6.92 Å². The summed E-state index contributed by atoms with van der Waals surface area (Å²) >= 11 is 6.04. The van der Waals surface area contributed by atoms with Crippen LogP contribution in [0.5, 0.6) is 0 Å². The SMILES string of the molecule is Cc1cc(C(O)Cc2cccc3ccccc23)ccc1Cl. The summed E-state index contributed by atoms with van der Waals surface area (Å²) < 4.78 is 0. The molecule has 0 aliphatic heterocycles. The standard InChI is InChI=1S/C19H17ClO/c1-13-11-16(9-10-18(13)20)19(21)12-15-7-4-6-14-5-2-3-8-17(14)15/h2-11,19,21H,12H2,1H3. The number of aliphatic hydroxyl groups is 1. The van der Waals surface area contributed by atoms with E-state index in [1.54, 1.807) is 0 Å². The summed E-state index contributed by atoms with van der Waals surface area (Å²) in [6.07, 6.45) is 0.0781. The van der Waals surface area contributed by atoms with Crippen LogP contribution >= 0.6 is 11.6 Å². The average Bonchev–Trinajstić information content (AvgIpc) is 2.50. The van der Waals surface area contributed by atoms with Crippen LogP contribution in [0.25, 0.3) is 10.8 Å². The molecule has 0 saturated heterocycles. The number of hydrogen-bond acceptors (Lipinski definition) is 1. The van der Waals surface area contributed by atoms with Crippen molar-refractivity contribution >= 4 is 22.4 Å². The van der Waals surface area contributed by atoms with E-state index < -0.39 is 6.10 Å².